The topological polar surface area (TPSA) is 123 Å². The van der Waals surface area contributed by atoms with E-state index in [4.69, 9.17) is 14.7 Å². The molecule has 4 rings (SSSR count). The average Bonchev–Trinajstić information content (AvgIpc) is 2.84. The third-order valence-electron chi connectivity index (χ3n) is 6.62. The Balaban J connectivity index is 1.36. The fourth-order valence-corrected chi connectivity index (χ4v) is 4.82. The highest BCUT2D eigenvalue weighted by Gasteiger charge is 2.26. The number of carbonyl (C=O) groups excluding carboxylic acids is 1. The predicted octanol–water partition coefficient (Wildman–Crippen LogP) is 3.49. The van der Waals surface area contributed by atoms with Gasteiger partial charge in [0.05, 0.1) is 29.4 Å². The van der Waals surface area contributed by atoms with E-state index in [-0.39, 0.29) is 29.4 Å². The second kappa shape index (κ2) is 10.2. The number of nitro benzene ring substituents is 1. The van der Waals surface area contributed by atoms with Crippen LogP contribution < -0.4 is 20.3 Å². The SMILES string of the molecule is COc1cc([N+](=O)[O-])ccc1C(=O)NC1CCC(Nc2nc3c(c(N(C)C)n2)CCCC3)CC1. The smallest absolute Gasteiger partial charge is 0.273 e. The summed E-state index contributed by atoms with van der Waals surface area (Å²) in [5.74, 6) is 1.61. The zero-order valence-corrected chi connectivity index (χ0v) is 20.0. The summed E-state index contributed by atoms with van der Waals surface area (Å²) in [6.45, 7) is 0. The van der Waals surface area contributed by atoms with Gasteiger partial charge in [0.2, 0.25) is 5.95 Å². The third-order valence-corrected chi connectivity index (χ3v) is 6.62. The largest absolute Gasteiger partial charge is 0.496 e. The maximum atomic E-state index is 12.8. The van der Waals surface area contributed by atoms with Crippen molar-refractivity contribution >= 4 is 23.4 Å². The predicted molar refractivity (Wildman–Crippen MR) is 130 cm³/mol. The fraction of sp³-hybridized carbons (Fsp3) is 0.542. The van der Waals surface area contributed by atoms with Crippen molar-refractivity contribution in [3.05, 3.63) is 45.1 Å². The number of fused-ring (bicyclic) bond motifs is 1. The van der Waals surface area contributed by atoms with Gasteiger partial charge in [0.1, 0.15) is 11.6 Å². The summed E-state index contributed by atoms with van der Waals surface area (Å²) in [5.41, 5.74) is 2.62. The molecule has 2 N–H and O–H groups in total. The molecule has 2 aromatic rings. The van der Waals surface area contributed by atoms with E-state index in [9.17, 15) is 14.9 Å². The monoisotopic (exact) mass is 468 g/mol. The molecule has 0 atom stereocenters. The maximum absolute atomic E-state index is 12.8. The first-order valence-electron chi connectivity index (χ1n) is 11.8. The Labute approximate surface area is 199 Å². The van der Waals surface area contributed by atoms with Gasteiger partial charge in [-0.2, -0.15) is 4.98 Å². The summed E-state index contributed by atoms with van der Waals surface area (Å²) in [6, 6.07) is 4.32. The number of carbonyl (C=O) groups is 1. The Hall–Kier alpha value is -3.43. The molecule has 10 nitrogen and oxygen atoms in total. The highest BCUT2D eigenvalue weighted by atomic mass is 16.6. The number of rotatable bonds is 7. The van der Waals surface area contributed by atoms with Crippen molar-refractivity contribution in [1.82, 2.24) is 15.3 Å². The van der Waals surface area contributed by atoms with Crippen molar-refractivity contribution in [2.24, 2.45) is 0 Å². The van der Waals surface area contributed by atoms with E-state index in [2.05, 4.69) is 15.5 Å². The molecule has 0 radical (unpaired) electrons. The number of nitrogens with one attached hydrogen (secondary N) is 2. The molecule has 2 aliphatic rings. The van der Waals surface area contributed by atoms with Crippen LogP contribution in [0.5, 0.6) is 5.75 Å². The fourth-order valence-electron chi connectivity index (χ4n) is 4.82. The van der Waals surface area contributed by atoms with E-state index < -0.39 is 4.92 Å². The highest BCUT2D eigenvalue weighted by Crippen LogP contribution is 2.30. The molecule has 0 bridgehead atoms. The van der Waals surface area contributed by atoms with Crippen molar-refractivity contribution < 1.29 is 14.5 Å². The zero-order chi connectivity index (χ0) is 24.2. The molecule has 0 unspecified atom stereocenters. The number of nitro groups is 1. The van der Waals surface area contributed by atoms with Crippen LogP contribution in [0.15, 0.2) is 18.2 Å². The minimum Gasteiger partial charge on any atom is -0.496 e. The Morgan fingerprint density at radius 2 is 1.82 bits per heavy atom. The van der Waals surface area contributed by atoms with Crippen molar-refractivity contribution in [2.45, 2.75) is 63.5 Å². The summed E-state index contributed by atoms with van der Waals surface area (Å²) >= 11 is 0. The lowest BCUT2D eigenvalue weighted by atomic mass is 9.91. The first kappa shape index (κ1) is 23.7. The van der Waals surface area contributed by atoms with Crippen LogP contribution in [0.2, 0.25) is 0 Å². The van der Waals surface area contributed by atoms with Crippen molar-refractivity contribution in [1.29, 1.82) is 0 Å². The summed E-state index contributed by atoms with van der Waals surface area (Å²) in [6.07, 6.45) is 7.81. The van der Waals surface area contributed by atoms with E-state index >= 15 is 0 Å². The molecule has 0 spiro atoms. The van der Waals surface area contributed by atoms with Crippen LogP contribution in [-0.4, -0.2) is 54.1 Å². The lowest BCUT2D eigenvalue weighted by molar-refractivity contribution is -0.384. The third kappa shape index (κ3) is 5.21. The highest BCUT2D eigenvalue weighted by molar-refractivity contribution is 5.97. The number of aromatic nitrogens is 2. The van der Waals surface area contributed by atoms with Crippen molar-refractivity contribution in [3.8, 4) is 5.75 Å². The van der Waals surface area contributed by atoms with Crippen LogP contribution in [0.1, 0.15) is 60.1 Å². The molecule has 1 saturated carbocycles. The maximum Gasteiger partial charge on any atom is 0.273 e. The second-order valence-corrected chi connectivity index (χ2v) is 9.21. The minimum absolute atomic E-state index is 0.0345. The normalized spacial score (nSPS) is 19.6. The van der Waals surface area contributed by atoms with Crippen LogP contribution in [-0.2, 0) is 12.8 Å². The number of amides is 1. The molecule has 0 aliphatic heterocycles. The molecule has 2 aliphatic carbocycles. The number of nitrogens with zero attached hydrogens (tertiary/aromatic N) is 4. The number of anilines is 2. The summed E-state index contributed by atoms with van der Waals surface area (Å²) in [7, 11) is 5.45. The number of hydrogen-bond donors (Lipinski definition) is 2. The summed E-state index contributed by atoms with van der Waals surface area (Å²) in [4.78, 5) is 34.9. The number of aryl methyl sites for hydroxylation is 1. The van der Waals surface area contributed by atoms with Gasteiger partial charge in [-0.3, -0.25) is 14.9 Å². The van der Waals surface area contributed by atoms with Crippen molar-refractivity contribution in [3.63, 3.8) is 0 Å². The van der Waals surface area contributed by atoms with E-state index in [1.807, 2.05) is 14.1 Å². The zero-order valence-electron chi connectivity index (χ0n) is 20.0. The van der Waals surface area contributed by atoms with E-state index in [1.165, 1.54) is 43.7 Å². The number of ether oxygens (including phenoxy) is 1. The first-order valence-corrected chi connectivity index (χ1v) is 11.8. The molecule has 10 heteroatoms. The summed E-state index contributed by atoms with van der Waals surface area (Å²) < 4.78 is 5.20. The second-order valence-electron chi connectivity index (χ2n) is 9.21. The Morgan fingerprint density at radius 1 is 1.12 bits per heavy atom. The Bertz CT molecular complexity index is 1070. The van der Waals surface area contributed by atoms with Crippen LogP contribution in [0.3, 0.4) is 0 Å². The average molecular weight is 469 g/mol. The molecule has 34 heavy (non-hydrogen) atoms. The molecule has 1 fully saturated rings. The molecular formula is C24H32N6O4. The lowest BCUT2D eigenvalue weighted by Gasteiger charge is -2.30. The van der Waals surface area contributed by atoms with Crippen LogP contribution >= 0.6 is 0 Å². The number of non-ortho nitro benzene ring substituents is 1. The van der Waals surface area contributed by atoms with Gasteiger partial charge in [-0.25, -0.2) is 4.98 Å². The van der Waals surface area contributed by atoms with Crippen LogP contribution in [0.4, 0.5) is 17.5 Å². The van der Waals surface area contributed by atoms with Crippen molar-refractivity contribution in [2.75, 3.05) is 31.4 Å². The van der Waals surface area contributed by atoms with Gasteiger partial charge in [-0.05, 0) is 57.4 Å². The van der Waals surface area contributed by atoms with E-state index in [0.29, 0.717) is 11.5 Å². The number of benzene rings is 1. The number of methoxy groups -OCH3 is 1. The van der Waals surface area contributed by atoms with Gasteiger partial charge in [0, 0.05) is 37.8 Å². The quantitative estimate of drug-likeness (QED) is 0.468. The van der Waals surface area contributed by atoms with Gasteiger partial charge in [0.25, 0.3) is 11.6 Å². The minimum atomic E-state index is -0.508. The first-order chi connectivity index (χ1) is 16.4. The molecule has 0 saturated heterocycles. The van der Waals surface area contributed by atoms with E-state index in [1.54, 1.807) is 0 Å². The molecule has 1 aromatic carbocycles. The van der Waals surface area contributed by atoms with Crippen LogP contribution in [0.25, 0.3) is 0 Å². The van der Waals surface area contributed by atoms with Gasteiger partial charge < -0.3 is 20.3 Å². The molecule has 182 valence electrons. The molecular weight excluding hydrogens is 436 g/mol. The molecule has 1 heterocycles. The Kier molecular flexibility index (Phi) is 7.14. The van der Waals surface area contributed by atoms with Gasteiger partial charge in [-0.1, -0.05) is 0 Å². The summed E-state index contributed by atoms with van der Waals surface area (Å²) in [5, 5.41) is 17.6. The standard InChI is InChI=1S/C24H32N6O4/c1-29(2)22-18-6-4-5-7-20(18)27-24(28-22)26-16-10-8-15(9-11-16)25-23(31)19-13-12-17(30(32)33)14-21(19)34-3/h12-16H,4-11H2,1-3H3,(H,25,31)(H,26,27,28). The van der Waals surface area contributed by atoms with Gasteiger partial charge in [0.15, 0.2) is 0 Å². The lowest BCUT2D eigenvalue weighted by Crippen LogP contribution is -2.40. The molecule has 1 amide bonds. The molecule has 1 aromatic heterocycles. The van der Waals surface area contributed by atoms with E-state index in [0.717, 1.165) is 50.0 Å². The Morgan fingerprint density at radius 3 is 2.50 bits per heavy atom. The van der Waals surface area contributed by atoms with Gasteiger partial charge in [-0.15, -0.1) is 0 Å². The number of hydrogen-bond acceptors (Lipinski definition) is 8. The van der Waals surface area contributed by atoms with Crippen LogP contribution in [0, 0.1) is 10.1 Å². The van der Waals surface area contributed by atoms with Gasteiger partial charge >= 0.3 is 0 Å².